The van der Waals surface area contributed by atoms with Crippen molar-refractivity contribution in [1.29, 1.82) is 0 Å². The molecule has 2 aromatic rings. The molecule has 0 atom stereocenters. The molecular formula is C16H18BNO2. The van der Waals surface area contributed by atoms with Crippen molar-refractivity contribution in [2.24, 2.45) is 0 Å². The average Bonchev–Trinajstić information content (AvgIpc) is 2.66. The SMILES string of the molecule is CNCCOB1c2ccccc2COc2ccccc21. The number of para-hydroxylation sites is 1. The van der Waals surface area contributed by atoms with E-state index in [-0.39, 0.29) is 6.92 Å². The molecule has 0 saturated heterocycles. The molecule has 0 aromatic heterocycles. The lowest BCUT2D eigenvalue weighted by Gasteiger charge is -2.16. The molecule has 0 aliphatic carbocycles. The molecule has 3 nitrogen and oxygen atoms in total. The summed E-state index contributed by atoms with van der Waals surface area (Å²) in [6.45, 7) is 2.04. The average molecular weight is 267 g/mol. The third-order valence-corrected chi connectivity index (χ3v) is 3.56. The Hall–Kier alpha value is -1.78. The van der Waals surface area contributed by atoms with E-state index < -0.39 is 0 Å². The molecule has 3 rings (SSSR count). The molecule has 102 valence electrons. The van der Waals surface area contributed by atoms with Crippen LogP contribution in [0.5, 0.6) is 5.75 Å². The van der Waals surface area contributed by atoms with Crippen molar-refractivity contribution in [3.63, 3.8) is 0 Å². The predicted octanol–water partition coefficient (Wildman–Crippen LogP) is 0.921. The van der Waals surface area contributed by atoms with Crippen LogP contribution in [-0.2, 0) is 11.3 Å². The minimum Gasteiger partial charge on any atom is -0.489 e. The molecular weight excluding hydrogens is 249 g/mol. The summed E-state index contributed by atoms with van der Waals surface area (Å²) >= 11 is 0. The maximum Gasteiger partial charge on any atom is 0.365 e. The van der Waals surface area contributed by atoms with Crippen molar-refractivity contribution < 1.29 is 9.39 Å². The zero-order chi connectivity index (χ0) is 13.8. The van der Waals surface area contributed by atoms with Gasteiger partial charge in [-0.1, -0.05) is 42.5 Å². The van der Waals surface area contributed by atoms with E-state index in [9.17, 15) is 0 Å². The van der Waals surface area contributed by atoms with E-state index in [1.165, 1.54) is 11.0 Å². The van der Waals surface area contributed by atoms with E-state index in [1.807, 2.05) is 31.3 Å². The highest BCUT2D eigenvalue weighted by molar-refractivity contribution is 6.81. The molecule has 0 unspecified atom stereocenters. The van der Waals surface area contributed by atoms with E-state index in [2.05, 4.69) is 29.6 Å². The van der Waals surface area contributed by atoms with E-state index in [0.717, 1.165) is 17.8 Å². The fourth-order valence-corrected chi connectivity index (χ4v) is 2.53. The molecule has 1 heterocycles. The molecule has 4 heteroatoms. The second kappa shape index (κ2) is 6.12. The molecule has 0 bridgehead atoms. The van der Waals surface area contributed by atoms with Gasteiger partial charge in [-0.3, -0.25) is 0 Å². The Morgan fingerprint density at radius 3 is 2.70 bits per heavy atom. The predicted molar refractivity (Wildman–Crippen MR) is 82.1 cm³/mol. The molecule has 20 heavy (non-hydrogen) atoms. The molecule has 2 aromatic carbocycles. The van der Waals surface area contributed by atoms with Crippen LogP contribution in [0.15, 0.2) is 48.5 Å². The molecule has 0 saturated carbocycles. The van der Waals surface area contributed by atoms with Gasteiger partial charge < -0.3 is 14.7 Å². The maximum atomic E-state index is 6.11. The number of ether oxygens (including phenoxy) is 1. The van der Waals surface area contributed by atoms with Gasteiger partial charge in [-0.15, -0.1) is 0 Å². The van der Waals surface area contributed by atoms with Gasteiger partial charge in [-0.05, 0) is 29.6 Å². The third kappa shape index (κ3) is 2.57. The fraction of sp³-hybridized carbons (Fsp3) is 0.250. The molecule has 0 fully saturated rings. The first kappa shape index (κ1) is 13.2. The molecule has 1 aliphatic rings. The highest BCUT2D eigenvalue weighted by Crippen LogP contribution is 2.15. The van der Waals surface area contributed by atoms with Crippen LogP contribution in [0.1, 0.15) is 5.56 Å². The number of benzene rings is 2. The van der Waals surface area contributed by atoms with Crippen molar-refractivity contribution in [1.82, 2.24) is 5.32 Å². The molecule has 1 N–H and O–H groups in total. The topological polar surface area (TPSA) is 30.5 Å². The number of rotatable bonds is 4. The van der Waals surface area contributed by atoms with Gasteiger partial charge in [0.15, 0.2) is 0 Å². The molecule has 0 amide bonds. The first-order valence-electron chi connectivity index (χ1n) is 6.96. The van der Waals surface area contributed by atoms with Crippen LogP contribution in [-0.4, -0.2) is 27.1 Å². The number of likely N-dealkylation sites (N-methyl/N-ethyl adjacent to an activating group) is 1. The summed E-state index contributed by atoms with van der Waals surface area (Å²) in [6, 6.07) is 16.5. The number of hydrogen-bond donors (Lipinski definition) is 1. The largest absolute Gasteiger partial charge is 0.489 e. The summed E-state index contributed by atoms with van der Waals surface area (Å²) in [6.07, 6.45) is 0. The number of fused-ring (bicyclic) bond motifs is 2. The van der Waals surface area contributed by atoms with E-state index in [0.29, 0.717) is 13.2 Å². The van der Waals surface area contributed by atoms with Gasteiger partial charge in [-0.2, -0.15) is 0 Å². The Balaban J connectivity index is 2.00. The monoisotopic (exact) mass is 267 g/mol. The van der Waals surface area contributed by atoms with Crippen LogP contribution in [0.25, 0.3) is 0 Å². The minimum absolute atomic E-state index is 0.0572. The van der Waals surface area contributed by atoms with Crippen molar-refractivity contribution in [3.05, 3.63) is 54.1 Å². The zero-order valence-corrected chi connectivity index (χ0v) is 11.6. The van der Waals surface area contributed by atoms with Crippen LogP contribution in [0.4, 0.5) is 0 Å². The molecule has 1 aliphatic heterocycles. The Kier molecular flexibility index (Phi) is 4.04. The standard InChI is InChI=1S/C16H18BNO2/c1-18-10-11-20-17-14-7-3-2-6-13(14)12-19-16-9-5-4-8-15(16)17/h2-9,18H,10-12H2,1H3. The maximum absolute atomic E-state index is 6.11. The van der Waals surface area contributed by atoms with Crippen LogP contribution in [0.2, 0.25) is 0 Å². The van der Waals surface area contributed by atoms with Crippen LogP contribution >= 0.6 is 0 Å². The Labute approximate surface area is 120 Å². The summed E-state index contributed by atoms with van der Waals surface area (Å²) in [5.41, 5.74) is 3.50. The minimum atomic E-state index is -0.0572. The second-order valence-corrected chi connectivity index (χ2v) is 4.88. The first-order valence-corrected chi connectivity index (χ1v) is 6.96. The summed E-state index contributed by atoms with van der Waals surface area (Å²) in [5.74, 6) is 0.915. The van der Waals surface area contributed by atoms with Gasteiger partial charge in [0, 0.05) is 13.2 Å². The van der Waals surface area contributed by atoms with Gasteiger partial charge in [0.05, 0.1) is 0 Å². The summed E-state index contributed by atoms with van der Waals surface area (Å²) in [7, 11) is 1.93. The van der Waals surface area contributed by atoms with Gasteiger partial charge in [0.2, 0.25) is 0 Å². The Morgan fingerprint density at radius 1 is 1.10 bits per heavy atom. The zero-order valence-electron chi connectivity index (χ0n) is 11.6. The van der Waals surface area contributed by atoms with E-state index in [1.54, 1.807) is 0 Å². The quantitative estimate of drug-likeness (QED) is 0.660. The lowest BCUT2D eigenvalue weighted by atomic mass is 9.54. The second-order valence-electron chi connectivity index (χ2n) is 4.88. The van der Waals surface area contributed by atoms with Crippen molar-refractivity contribution in [2.75, 3.05) is 20.2 Å². The number of nitrogens with one attached hydrogen (secondary N) is 1. The van der Waals surface area contributed by atoms with Gasteiger partial charge in [-0.25, -0.2) is 0 Å². The first-order chi connectivity index (χ1) is 9.90. The normalized spacial score (nSPS) is 13.2. The molecule has 0 spiro atoms. The third-order valence-electron chi connectivity index (χ3n) is 3.56. The smallest absolute Gasteiger partial charge is 0.365 e. The highest BCUT2D eigenvalue weighted by Gasteiger charge is 2.29. The Bertz CT molecular complexity index is 541. The highest BCUT2D eigenvalue weighted by atomic mass is 16.5. The van der Waals surface area contributed by atoms with E-state index >= 15 is 0 Å². The van der Waals surface area contributed by atoms with Crippen LogP contribution < -0.4 is 21.0 Å². The summed E-state index contributed by atoms with van der Waals surface area (Å²) in [5, 5.41) is 3.11. The fourth-order valence-electron chi connectivity index (χ4n) is 2.53. The Morgan fingerprint density at radius 2 is 1.85 bits per heavy atom. The number of hydrogen-bond acceptors (Lipinski definition) is 3. The van der Waals surface area contributed by atoms with Gasteiger partial charge in [0.25, 0.3) is 0 Å². The lowest BCUT2D eigenvalue weighted by Crippen LogP contribution is -2.46. The van der Waals surface area contributed by atoms with Crippen molar-refractivity contribution in [3.8, 4) is 5.75 Å². The summed E-state index contributed by atoms with van der Waals surface area (Å²) in [4.78, 5) is 0. The van der Waals surface area contributed by atoms with E-state index in [4.69, 9.17) is 9.39 Å². The van der Waals surface area contributed by atoms with Gasteiger partial charge in [0.1, 0.15) is 12.4 Å². The van der Waals surface area contributed by atoms with Crippen molar-refractivity contribution in [2.45, 2.75) is 6.61 Å². The van der Waals surface area contributed by atoms with Gasteiger partial charge >= 0.3 is 6.92 Å². The van der Waals surface area contributed by atoms with Crippen molar-refractivity contribution >= 4 is 17.8 Å². The van der Waals surface area contributed by atoms with Crippen LogP contribution in [0, 0.1) is 0 Å². The summed E-state index contributed by atoms with van der Waals surface area (Å²) < 4.78 is 12.0. The van der Waals surface area contributed by atoms with Crippen LogP contribution in [0.3, 0.4) is 0 Å². The lowest BCUT2D eigenvalue weighted by molar-refractivity contribution is 0.310. The molecule has 0 radical (unpaired) electrons.